The number of anilines is 1. The van der Waals surface area contributed by atoms with Crippen molar-refractivity contribution in [3.8, 4) is 0 Å². The zero-order chi connectivity index (χ0) is 13.6. The minimum Gasteiger partial charge on any atom is -0.394 e. The molecule has 3 atom stereocenters. The van der Waals surface area contributed by atoms with Crippen molar-refractivity contribution < 1.29 is 14.9 Å². The van der Waals surface area contributed by atoms with E-state index in [1.165, 1.54) is 10.6 Å². The van der Waals surface area contributed by atoms with Gasteiger partial charge in [0.2, 0.25) is 11.7 Å². The summed E-state index contributed by atoms with van der Waals surface area (Å²) < 4.78 is 8.32. The molecule has 1 unspecified atom stereocenters. The fraction of sp³-hybridized carbons (Fsp3) is 0.500. The molecule has 1 saturated heterocycles. The smallest absolute Gasteiger partial charge is 0.357 e. The van der Waals surface area contributed by atoms with Crippen LogP contribution in [-0.2, 0) is 4.74 Å². The number of nitrogens with zero attached hydrogens (tertiary/aromatic N) is 4. The molecule has 2 aromatic rings. The second-order valence-electron chi connectivity index (χ2n) is 4.35. The van der Waals surface area contributed by atoms with E-state index in [1.807, 2.05) is 0 Å². The lowest BCUT2D eigenvalue weighted by Crippen LogP contribution is -2.24. The first-order chi connectivity index (χ1) is 9.10. The number of rotatable bonds is 2. The van der Waals surface area contributed by atoms with Crippen molar-refractivity contribution in [1.29, 1.82) is 0 Å². The molecule has 0 spiro atoms. The molecule has 0 amide bonds. The highest BCUT2D eigenvalue weighted by molar-refractivity contribution is 5.34. The lowest BCUT2D eigenvalue weighted by Gasteiger charge is -2.13. The summed E-state index contributed by atoms with van der Waals surface area (Å²) >= 11 is 0. The normalized spacial score (nSPS) is 27.2. The van der Waals surface area contributed by atoms with Crippen molar-refractivity contribution in [1.82, 2.24) is 18.9 Å². The monoisotopic (exact) mass is 267 g/mol. The quantitative estimate of drug-likeness (QED) is 0.580. The summed E-state index contributed by atoms with van der Waals surface area (Å²) in [4.78, 5) is 19.1. The minimum absolute atomic E-state index is 0.123. The fourth-order valence-electron chi connectivity index (χ4n) is 2.21. The summed E-state index contributed by atoms with van der Waals surface area (Å²) in [7, 11) is 0. The van der Waals surface area contributed by atoms with Gasteiger partial charge in [-0.1, -0.05) is 0 Å². The van der Waals surface area contributed by atoms with Crippen molar-refractivity contribution in [2.24, 2.45) is 0 Å². The Balaban J connectivity index is 2.05. The standard InChI is InChI=1S/C10H13N5O4/c11-8-12-9-14(1-2-15(9)10(18)13-8)7-3-5(17)6(4-16)19-7/h1-2,5-7,16-17H,3-4H2,(H2,11,13,18)/t5-,6+,7?/m0/s1. The number of nitrogens with two attached hydrogens (primary N) is 1. The number of ether oxygens (including phenoxy) is 1. The van der Waals surface area contributed by atoms with Gasteiger partial charge in [-0.2, -0.15) is 9.97 Å². The third-order valence-electron chi connectivity index (χ3n) is 3.15. The average molecular weight is 267 g/mol. The lowest BCUT2D eigenvalue weighted by atomic mass is 10.2. The van der Waals surface area contributed by atoms with E-state index < -0.39 is 24.1 Å². The van der Waals surface area contributed by atoms with Crippen molar-refractivity contribution in [3.05, 3.63) is 22.9 Å². The molecule has 9 nitrogen and oxygen atoms in total. The second-order valence-corrected chi connectivity index (χ2v) is 4.35. The number of imidazole rings is 1. The SMILES string of the molecule is Nc1nc(=O)n2ccn(C3C[C@H](O)[C@@H](CO)O3)c2n1. The molecule has 9 heteroatoms. The van der Waals surface area contributed by atoms with E-state index in [4.69, 9.17) is 15.6 Å². The summed E-state index contributed by atoms with van der Waals surface area (Å²) in [6.07, 6.45) is 1.49. The highest BCUT2D eigenvalue weighted by Crippen LogP contribution is 2.29. The number of nitrogen functional groups attached to an aromatic ring is 1. The Hall–Kier alpha value is -1.97. The zero-order valence-electron chi connectivity index (χ0n) is 9.88. The third kappa shape index (κ3) is 1.87. The number of aliphatic hydroxyl groups excluding tert-OH is 2. The topological polar surface area (TPSA) is 128 Å². The van der Waals surface area contributed by atoms with Gasteiger partial charge in [0.1, 0.15) is 12.3 Å². The van der Waals surface area contributed by atoms with E-state index in [2.05, 4.69) is 9.97 Å². The van der Waals surface area contributed by atoms with Crippen LogP contribution in [0, 0.1) is 0 Å². The Kier molecular flexibility index (Phi) is 2.73. The number of hydrogen-bond donors (Lipinski definition) is 3. The molecule has 0 radical (unpaired) electrons. The molecular weight excluding hydrogens is 254 g/mol. The zero-order valence-corrected chi connectivity index (χ0v) is 9.88. The van der Waals surface area contributed by atoms with Gasteiger partial charge in [-0.05, 0) is 0 Å². The van der Waals surface area contributed by atoms with E-state index in [0.29, 0.717) is 6.42 Å². The molecule has 1 fully saturated rings. The van der Waals surface area contributed by atoms with Gasteiger partial charge >= 0.3 is 5.69 Å². The van der Waals surface area contributed by atoms with Crippen LogP contribution in [0.2, 0.25) is 0 Å². The lowest BCUT2D eigenvalue weighted by molar-refractivity contribution is -0.0432. The minimum atomic E-state index is -0.761. The van der Waals surface area contributed by atoms with Crippen LogP contribution < -0.4 is 11.4 Å². The number of aromatic nitrogens is 4. The molecule has 2 aromatic heterocycles. The van der Waals surface area contributed by atoms with Crippen LogP contribution in [-0.4, -0.2) is 48.0 Å². The molecule has 0 saturated carbocycles. The average Bonchev–Trinajstić information content (AvgIpc) is 2.92. The Labute approximate surface area is 106 Å². The Bertz CT molecular complexity index is 665. The number of aliphatic hydroxyl groups is 2. The summed E-state index contributed by atoms with van der Waals surface area (Å²) in [6, 6.07) is 0. The van der Waals surface area contributed by atoms with Gasteiger partial charge in [0, 0.05) is 18.8 Å². The van der Waals surface area contributed by atoms with Crippen molar-refractivity contribution >= 4 is 11.7 Å². The molecule has 102 valence electrons. The predicted molar refractivity (Wildman–Crippen MR) is 63.3 cm³/mol. The van der Waals surface area contributed by atoms with E-state index in [0.717, 1.165) is 0 Å². The summed E-state index contributed by atoms with van der Waals surface area (Å²) in [5.41, 5.74) is 4.92. The van der Waals surface area contributed by atoms with Crippen LogP contribution in [0.15, 0.2) is 17.2 Å². The van der Waals surface area contributed by atoms with E-state index in [9.17, 15) is 9.90 Å². The van der Waals surface area contributed by atoms with Crippen molar-refractivity contribution in [3.63, 3.8) is 0 Å². The maximum atomic E-state index is 11.6. The highest BCUT2D eigenvalue weighted by Gasteiger charge is 2.35. The number of fused-ring (bicyclic) bond motifs is 1. The van der Waals surface area contributed by atoms with E-state index in [-0.39, 0.29) is 18.3 Å². The van der Waals surface area contributed by atoms with Gasteiger partial charge in [0.05, 0.1) is 12.7 Å². The molecule has 1 aliphatic heterocycles. The molecule has 0 aliphatic carbocycles. The largest absolute Gasteiger partial charge is 0.394 e. The van der Waals surface area contributed by atoms with Gasteiger partial charge in [-0.3, -0.25) is 4.57 Å². The maximum Gasteiger partial charge on any atom is 0.357 e. The first-order valence-electron chi connectivity index (χ1n) is 5.77. The van der Waals surface area contributed by atoms with Crippen LogP contribution in [0.1, 0.15) is 12.6 Å². The van der Waals surface area contributed by atoms with Gasteiger partial charge in [-0.25, -0.2) is 9.20 Å². The molecule has 4 N–H and O–H groups in total. The Morgan fingerprint density at radius 3 is 2.95 bits per heavy atom. The number of hydrogen-bond acceptors (Lipinski definition) is 7. The third-order valence-corrected chi connectivity index (χ3v) is 3.15. The highest BCUT2D eigenvalue weighted by atomic mass is 16.5. The summed E-state index contributed by atoms with van der Waals surface area (Å²) in [5.74, 6) is 0.162. The van der Waals surface area contributed by atoms with Crippen molar-refractivity contribution in [2.45, 2.75) is 24.9 Å². The van der Waals surface area contributed by atoms with Gasteiger partial charge in [0.15, 0.2) is 0 Å². The van der Waals surface area contributed by atoms with E-state index in [1.54, 1.807) is 10.8 Å². The molecule has 3 rings (SSSR count). The van der Waals surface area contributed by atoms with E-state index >= 15 is 0 Å². The van der Waals surface area contributed by atoms with Gasteiger partial charge in [0.25, 0.3) is 0 Å². The molecule has 0 aromatic carbocycles. The fourth-order valence-corrected chi connectivity index (χ4v) is 2.21. The van der Waals surface area contributed by atoms with Crippen LogP contribution in [0.3, 0.4) is 0 Å². The van der Waals surface area contributed by atoms with Crippen molar-refractivity contribution in [2.75, 3.05) is 12.3 Å². The summed E-state index contributed by atoms with van der Waals surface area (Å²) in [5, 5.41) is 18.8. The maximum absolute atomic E-state index is 11.6. The molecule has 19 heavy (non-hydrogen) atoms. The first kappa shape index (κ1) is 12.1. The molecular formula is C10H13N5O4. The van der Waals surface area contributed by atoms with Crippen LogP contribution in [0.5, 0.6) is 0 Å². The first-order valence-corrected chi connectivity index (χ1v) is 5.77. The van der Waals surface area contributed by atoms with Crippen LogP contribution in [0.25, 0.3) is 5.78 Å². The molecule has 3 heterocycles. The second kappa shape index (κ2) is 4.30. The molecule has 1 aliphatic rings. The van der Waals surface area contributed by atoms with Crippen LogP contribution in [0.4, 0.5) is 5.95 Å². The predicted octanol–water partition coefficient (Wildman–Crippen LogP) is -1.89. The Morgan fingerprint density at radius 2 is 2.26 bits per heavy atom. The van der Waals surface area contributed by atoms with Crippen LogP contribution >= 0.6 is 0 Å². The summed E-state index contributed by atoms with van der Waals surface area (Å²) in [6.45, 7) is -0.270. The Morgan fingerprint density at radius 1 is 1.47 bits per heavy atom. The molecule has 0 bridgehead atoms. The van der Waals surface area contributed by atoms with Gasteiger partial charge in [-0.15, -0.1) is 0 Å². The van der Waals surface area contributed by atoms with Gasteiger partial charge < -0.3 is 20.7 Å².